The summed E-state index contributed by atoms with van der Waals surface area (Å²) in [7, 11) is 1.65. The van der Waals surface area contributed by atoms with Crippen LogP contribution < -0.4 is 9.64 Å². The third-order valence-electron chi connectivity index (χ3n) is 6.83. The van der Waals surface area contributed by atoms with Crippen molar-refractivity contribution in [2.45, 2.75) is 13.3 Å². The summed E-state index contributed by atoms with van der Waals surface area (Å²) in [5.41, 5.74) is 5.48. The monoisotopic (exact) mass is 427 g/mol. The van der Waals surface area contributed by atoms with Crippen LogP contribution >= 0.6 is 0 Å². The van der Waals surface area contributed by atoms with E-state index in [1.807, 2.05) is 35.4 Å². The molecule has 0 aliphatic carbocycles. The van der Waals surface area contributed by atoms with Crippen molar-refractivity contribution in [3.05, 3.63) is 60.1 Å². The lowest BCUT2D eigenvalue weighted by Gasteiger charge is -2.47. The summed E-state index contributed by atoms with van der Waals surface area (Å²) < 4.78 is 5.65. The highest BCUT2D eigenvalue weighted by atomic mass is 16.5. The fourth-order valence-corrected chi connectivity index (χ4v) is 5.19. The van der Waals surface area contributed by atoms with Crippen molar-refractivity contribution in [1.29, 1.82) is 0 Å². The second-order valence-corrected chi connectivity index (χ2v) is 8.81. The predicted molar refractivity (Wildman–Crippen MR) is 125 cm³/mol. The summed E-state index contributed by atoms with van der Waals surface area (Å²) in [6.07, 6.45) is 4.19. The van der Waals surface area contributed by atoms with Gasteiger partial charge in [0.05, 0.1) is 25.4 Å². The average Bonchev–Trinajstić information content (AvgIpc) is 3.44. The number of hydrogen-bond acceptors (Lipinski definition) is 4. The summed E-state index contributed by atoms with van der Waals surface area (Å²) in [5, 5.41) is 8.23. The third kappa shape index (κ3) is 3.02. The van der Waals surface area contributed by atoms with Gasteiger partial charge in [0, 0.05) is 42.7 Å². The van der Waals surface area contributed by atoms with E-state index in [4.69, 9.17) is 11.3 Å². The molecule has 2 fully saturated rings. The number of H-pyrrole nitrogens is 1. The molecule has 2 aliphatic heterocycles. The number of aromatic amines is 1. The van der Waals surface area contributed by atoms with E-state index in [1.165, 1.54) is 6.08 Å². The van der Waals surface area contributed by atoms with Crippen LogP contribution in [0.3, 0.4) is 0 Å². The molecule has 7 heteroatoms. The highest BCUT2D eigenvalue weighted by Crippen LogP contribution is 2.49. The van der Waals surface area contributed by atoms with Crippen molar-refractivity contribution in [2.24, 2.45) is 5.41 Å². The zero-order valence-corrected chi connectivity index (χ0v) is 18.3. The molecule has 0 radical (unpaired) electrons. The Morgan fingerprint density at radius 3 is 2.88 bits per heavy atom. The van der Waals surface area contributed by atoms with Crippen molar-refractivity contribution in [1.82, 2.24) is 15.1 Å². The van der Waals surface area contributed by atoms with E-state index in [-0.39, 0.29) is 11.3 Å². The van der Waals surface area contributed by atoms with Gasteiger partial charge in [0.15, 0.2) is 0 Å². The molecule has 162 valence electrons. The molecule has 0 unspecified atom stereocenters. The number of carbonyl (C=O) groups excluding carboxylic acids is 1. The molecule has 1 spiro atoms. The topological polar surface area (TPSA) is 65.8 Å². The quantitative estimate of drug-likeness (QED) is 0.497. The summed E-state index contributed by atoms with van der Waals surface area (Å²) in [6, 6.07) is 7.97. The minimum atomic E-state index is -0.0109. The number of fused-ring (bicyclic) bond motifs is 1. The van der Waals surface area contributed by atoms with Crippen molar-refractivity contribution in [3.8, 4) is 16.9 Å². The van der Waals surface area contributed by atoms with E-state index in [0.717, 1.165) is 71.6 Å². The molecule has 32 heavy (non-hydrogen) atoms. The van der Waals surface area contributed by atoms with E-state index in [9.17, 15) is 4.79 Å². The smallest absolute Gasteiger partial charge is 0.245 e. The van der Waals surface area contributed by atoms with Crippen molar-refractivity contribution in [3.63, 3.8) is 0 Å². The SMILES string of the molecule is [C-]#[N+]c1c(-c2c(C)ccc3[nH]ncc23)cc(OC)cc1N1CCC2(CN(C(=O)C=C)C2)C1. The van der Waals surface area contributed by atoms with Gasteiger partial charge in [-0.15, -0.1) is 0 Å². The summed E-state index contributed by atoms with van der Waals surface area (Å²) in [6.45, 7) is 16.8. The number of amides is 1. The fraction of sp³-hybridized carbons (Fsp3) is 0.320. The number of nitrogens with one attached hydrogen (secondary N) is 1. The fourth-order valence-electron chi connectivity index (χ4n) is 5.19. The Kier molecular flexibility index (Phi) is 4.66. The Balaban J connectivity index is 1.57. The molecule has 0 saturated carbocycles. The first-order chi connectivity index (χ1) is 15.5. The second kappa shape index (κ2) is 7.41. The van der Waals surface area contributed by atoms with Gasteiger partial charge >= 0.3 is 0 Å². The summed E-state index contributed by atoms with van der Waals surface area (Å²) in [5.74, 6) is 0.712. The first-order valence-corrected chi connectivity index (χ1v) is 10.7. The molecular formula is C25H25N5O2. The molecule has 1 N–H and O–H groups in total. The van der Waals surface area contributed by atoms with Gasteiger partial charge in [-0.1, -0.05) is 12.6 Å². The molecule has 0 bridgehead atoms. The zero-order valence-electron chi connectivity index (χ0n) is 18.3. The predicted octanol–water partition coefficient (Wildman–Crippen LogP) is 4.32. The van der Waals surface area contributed by atoms with Gasteiger partial charge in [0.1, 0.15) is 5.75 Å². The lowest BCUT2D eigenvalue weighted by Crippen LogP contribution is -2.59. The van der Waals surface area contributed by atoms with Gasteiger partial charge in [-0.05, 0) is 54.3 Å². The molecule has 1 aromatic heterocycles. The van der Waals surface area contributed by atoms with Gasteiger partial charge in [-0.3, -0.25) is 9.89 Å². The number of methoxy groups -OCH3 is 1. The molecule has 1 amide bonds. The van der Waals surface area contributed by atoms with Crippen molar-refractivity contribution < 1.29 is 9.53 Å². The number of aryl methyl sites for hydroxylation is 1. The first-order valence-electron chi connectivity index (χ1n) is 10.7. The van der Waals surface area contributed by atoms with Crippen LogP contribution in [-0.4, -0.2) is 54.3 Å². The third-order valence-corrected chi connectivity index (χ3v) is 6.83. The van der Waals surface area contributed by atoms with Gasteiger partial charge < -0.3 is 14.5 Å². The Bertz CT molecular complexity index is 1280. The highest BCUT2D eigenvalue weighted by molar-refractivity contribution is 6.02. The highest BCUT2D eigenvalue weighted by Gasteiger charge is 2.49. The number of benzene rings is 2. The summed E-state index contributed by atoms with van der Waals surface area (Å²) in [4.78, 5) is 20.0. The lowest BCUT2D eigenvalue weighted by molar-refractivity contribution is -0.136. The van der Waals surface area contributed by atoms with Gasteiger partial charge in [-0.2, -0.15) is 5.10 Å². The van der Waals surface area contributed by atoms with E-state index in [1.54, 1.807) is 7.11 Å². The van der Waals surface area contributed by atoms with Gasteiger partial charge in [-0.25, -0.2) is 4.85 Å². The number of rotatable bonds is 4. The van der Waals surface area contributed by atoms with E-state index in [0.29, 0.717) is 5.69 Å². The molecule has 2 aliphatic rings. The van der Waals surface area contributed by atoms with Crippen LogP contribution in [0.5, 0.6) is 5.75 Å². The number of ether oxygens (including phenoxy) is 1. The van der Waals surface area contributed by atoms with E-state index < -0.39 is 0 Å². The van der Waals surface area contributed by atoms with Crippen molar-refractivity contribution >= 4 is 28.2 Å². The molecule has 3 aromatic rings. The number of likely N-dealkylation sites (tertiary alicyclic amines) is 1. The van der Waals surface area contributed by atoms with Crippen LogP contribution in [0.25, 0.3) is 26.9 Å². The lowest BCUT2D eigenvalue weighted by atomic mass is 9.79. The van der Waals surface area contributed by atoms with Crippen molar-refractivity contribution in [2.75, 3.05) is 38.2 Å². The van der Waals surface area contributed by atoms with Crippen LogP contribution in [0, 0.1) is 18.9 Å². The molecule has 2 saturated heterocycles. The van der Waals surface area contributed by atoms with E-state index >= 15 is 0 Å². The Morgan fingerprint density at radius 2 is 2.16 bits per heavy atom. The van der Waals surface area contributed by atoms with Crippen LogP contribution in [0.4, 0.5) is 11.4 Å². The molecule has 7 nitrogen and oxygen atoms in total. The number of hydrogen-bond donors (Lipinski definition) is 1. The normalized spacial score (nSPS) is 16.8. The van der Waals surface area contributed by atoms with E-state index in [2.05, 4.69) is 33.4 Å². The molecule has 5 rings (SSSR count). The number of anilines is 1. The Hall–Kier alpha value is -3.79. The first kappa shape index (κ1) is 20.1. The standard InChI is InChI=1S/C25H25N5O2/c1-5-22(31)30-14-25(15-30)8-9-29(13-25)21-11-17(32-4)10-18(24(21)26-3)23-16(2)6-7-20-19(23)12-27-28-20/h5-7,10-12H,1,8-9,13-15H2,2,4H3,(H,27,28). The molecule has 2 aromatic carbocycles. The van der Waals surface area contributed by atoms with Gasteiger partial charge in [0.25, 0.3) is 0 Å². The average molecular weight is 428 g/mol. The maximum atomic E-state index is 11.9. The van der Waals surface area contributed by atoms with Crippen LogP contribution in [0.2, 0.25) is 0 Å². The van der Waals surface area contributed by atoms with Crippen LogP contribution in [0.15, 0.2) is 43.1 Å². The zero-order chi connectivity index (χ0) is 22.5. The molecule has 0 atom stereocenters. The van der Waals surface area contributed by atoms with Gasteiger partial charge in [0.2, 0.25) is 11.6 Å². The summed E-state index contributed by atoms with van der Waals surface area (Å²) >= 11 is 0. The maximum Gasteiger partial charge on any atom is 0.245 e. The minimum absolute atomic E-state index is 0.0109. The largest absolute Gasteiger partial charge is 0.497 e. The number of carbonyl (C=O) groups is 1. The maximum absolute atomic E-state index is 11.9. The molecule has 3 heterocycles. The molecular weight excluding hydrogens is 402 g/mol. The Morgan fingerprint density at radius 1 is 1.34 bits per heavy atom. The number of aromatic nitrogens is 2. The minimum Gasteiger partial charge on any atom is -0.497 e. The van der Waals surface area contributed by atoms with Crippen LogP contribution in [0.1, 0.15) is 12.0 Å². The van der Waals surface area contributed by atoms with Crippen LogP contribution in [-0.2, 0) is 4.79 Å². The second-order valence-electron chi connectivity index (χ2n) is 8.81. The number of nitrogens with zero attached hydrogens (tertiary/aromatic N) is 4. The Labute approximate surface area is 187 Å².